The number of carbonyl (C=O) groups is 12. The number of thioether (sulfide) groups is 1. The van der Waals surface area contributed by atoms with Crippen molar-refractivity contribution in [2.75, 3.05) is 25.2 Å². The molecule has 1 aliphatic heterocycles. The number of rotatable bonds is 32. The van der Waals surface area contributed by atoms with Crippen LogP contribution < -0.4 is 48.7 Å². The fourth-order valence-corrected chi connectivity index (χ4v) is 7.65. The van der Waals surface area contributed by atoms with Crippen LogP contribution in [-0.2, 0) is 57.5 Å². The number of aliphatic hydroxyl groups excluding tert-OH is 1. The zero-order valence-electron chi connectivity index (χ0n) is 40.6. The highest BCUT2D eigenvalue weighted by Crippen LogP contribution is 2.21. The molecule has 396 valence electrons. The van der Waals surface area contributed by atoms with Crippen molar-refractivity contribution in [1.82, 2.24) is 42.1 Å². The molecule has 1 saturated heterocycles. The number of likely N-dealkylation sites (tertiary alicyclic amines) is 1. The summed E-state index contributed by atoms with van der Waals surface area (Å²) in [5, 5.41) is 55.4. The van der Waals surface area contributed by atoms with Crippen LogP contribution in [0.15, 0.2) is 0 Å². The van der Waals surface area contributed by atoms with Crippen LogP contribution in [0.4, 0.5) is 0 Å². The highest BCUT2D eigenvalue weighted by Gasteiger charge is 2.41. The van der Waals surface area contributed by atoms with E-state index in [9.17, 15) is 78.0 Å². The monoisotopic (exact) mass is 1020 g/mol. The number of aliphatic hydroxyl groups is 1. The van der Waals surface area contributed by atoms with E-state index in [4.69, 9.17) is 11.5 Å². The zero-order valence-corrected chi connectivity index (χ0v) is 41.4. The molecule has 0 spiro atoms. The summed E-state index contributed by atoms with van der Waals surface area (Å²) in [7, 11) is 0. The number of nitrogens with two attached hydrogens (primary N) is 2. The Morgan fingerprint density at radius 1 is 0.614 bits per heavy atom. The maximum atomic E-state index is 14.2. The van der Waals surface area contributed by atoms with Crippen LogP contribution in [0.3, 0.4) is 0 Å². The summed E-state index contributed by atoms with van der Waals surface area (Å²) in [6, 6.07) is -13.3. The molecule has 0 aromatic carbocycles. The molecule has 1 rings (SSSR count). The fraction of sp³-hybridized carbons (Fsp3) is 0.721. The Morgan fingerprint density at radius 3 is 1.54 bits per heavy atom. The van der Waals surface area contributed by atoms with Gasteiger partial charge in [0, 0.05) is 13.0 Å². The maximum Gasteiger partial charge on any atom is 0.326 e. The maximum absolute atomic E-state index is 14.2. The SMILES string of the molecule is CSCC[C@H](NC(=O)[C@@H]1CCCN1C(=O)[C@@H](NC(=O)[C@H](CC(=O)O)NC(=O)[C@H](CO)NC(=O)[C@H](CC(C)C)NC(=O)[C@@H](N)CCC(N)=O)C(C)C)C(=O)N[C@@H](CC(=O)O)C(=O)N[C@@H](CC(C)C)C(=O)O. The van der Waals surface area contributed by atoms with Crippen molar-refractivity contribution >= 4 is 82.8 Å². The van der Waals surface area contributed by atoms with Gasteiger partial charge in [0.1, 0.15) is 48.3 Å². The number of hydrogen-bond donors (Lipinski definition) is 13. The second kappa shape index (κ2) is 30.5. The second-order valence-electron chi connectivity index (χ2n) is 18.2. The van der Waals surface area contributed by atoms with Gasteiger partial charge < -0.3 is 74.0 Å². The van der Waals surface area contributed by atoms with Gasteiger partial charge in [0.15, 0.2) is 0 Å². The number of aliphatic carboxylic acids is 3. The van der Waals surface area contributed by atoms with Crippen LogP contribution in [0.25, 0.3) is 0 Å². The Kier molecular flexibility index (Phi) is 27.0. The van der Waals surface area contributed by atoms with Gasteiger partial charge in [-0.25, -0.2) is 4.79 Å². The van der Waals surface area contributed by atoms with Gasteiger partial charge in [-0.2, -0.15) is 11.8 Å². The molecule has 26 nitrogen and oxygen atoms in total. The lowest BCUT2D eigenvalue weighted by atomic mass is 10.0. The molecule has 1 fully saturated rings. The molecule has 27 heteroatoms. The Hall–Kier alpha value is -6.09. The van der Waals surface area contributed by atoms with E-state index in [1.54, 1.807) is 47.8 Å². The number of carboxylic acid groups (broad SMARTS) is 3. The van der Waals surface area contributed by atoms with E-state index in [1.165, 1.54) is 11.8 Å². The summed E-state index contributed by atoms with van der Waals surface area (Å²) in [4.78, 5) is 156. The van der Waals surface area contributed by atoms with Crippen LogP contribution in [0, 0.1) is 17.8 Å². The first-order chi connectivity index (χ1) is 32.6. The normalized spacial score (nSPS) is 16.9. The highest BCUT2D eigenvalue weighted by molar-refractivity contribution is 7.98. The lowest BCUT2D eigenvalue weighted by Crippen LogP contribution is -2.61. The lowest BCUT2D eigenvalue weighted by molar-refractivity contribution is -0.144. The fourth-order valence-electron chi connectivity index (χ4n) is 7.18. The number of nitrogens with one attached hydrogen (secondary N) is 7. The molecule has 1 aliphatic rings. The van der Waals surface area contributed by atoms with Crippen LogP contribution in [-0.4, -0.2) is 176 Å². The van der Waals surface area contributed by atoms with Gasteiger partial charge in [0.05, 0.1) is 25.5 Å². The van der Waals surface area contributed by atoms with Gasteiger partial charge in [0.2, 0.25) is 53.2 Å². The van der Waals surface area contributed by atoms with Crippen molar-refractivity contribution in [3.8, 4) is 0 Å². The number of amides is 9. The van der Waals surface area contributed by atoms with E-state index in [-0.39, 0.29) is 56.9 Å². The highest BCUT2D eigenvalue weighted by atomic mass is 32.2. The first-order valence-corrected chi connectivity index (χ1v) is 24.3. The summed E-state index contributed by atoms with van der Waals surface area (Å²) in [6.07, 6.45) is -0.141. The Bertz CT molecular complexity index is 1890. The molecule has 0 aromatic rings. The minimum Gasteiger partial charge on any atom is -0.481 e. The number of primary amides is 1. The molecule has 9 atom stereocenters. The van der Waals surface area contributed by atoms with Gasteiger partial charge in [-0.15, -0.1) is 0 Å². The van der Waals surface area contributed by atoms with E-state index >= 15 is 0 Å². The first kappa shape index (κ1) is 61.9. The third kappa shape index (κ3) is 21.7. The van der Waals surface area contributed by atoms with E-state index in [2.05, 4.69) is 37.2 Å². The second-order valence-corrected chi connectivity index (χ2v) is 19.1. The van der Waals surface area contributed by atoms with Crippen molar-refractivity contribution in [2.45, 2.75) is 154 Å². The predicted octanol–water partition coefficient (Wildman–Crippen LogP) is -3.51. The molecule has 9 amide bonds. The summed E-state index contributed by atoms with van der Waals surface area (Å²) >= 11 is 1.30. The van der Waals surface area contributed by atoms with Crippen LogP contribution in [0.2, 0.25) is 0 Å². The topological polar surface area (TPSA) is 425 Å². The number of carboxylic acids is 3. The van der Waals surface area contributed by atoms with Crippen LogP contribution in [0.1, 0.15) is 99.3 Å². The largest absolute Gasteiger partial charge is 0.481 e. The van der Waals surface area contributed by atoms with Gasteiger partial charge >= 0.3 is 17.9 Å². The average Bonchev–Trinajstić information content (AvgIpc) is 3.76. The minimum absolute atomic E-state index is 0.00437. The van der Waals surface area contributed by atoms with Gasteiger partial charge in [-0.05, 0) is 68.3 Å². The molecule has 70 heavy (non-hydrogen) atoms. The van der Waals surface area contributed by atoms with Gasteiger partial charge in [-0.1, -0.05) is 41.5 Å². The zero-order chi connectivity index (χ0) is 53.6. The van der Waals surface area contributed by atoms with Crippen molar-refractivity contribution in [3.05, 3.63) is 0 Å². The van der Waals surface area contributed by atoms with Crippen molar-refractivity contribution in [2.24, 2.45) is 29.2 Å². The van der Waals surface area contributed by atoms with Gasteiger partial charge in [-0.3, -0.25) is 52.7 Å². The molecular weight excluding hydrogens is 945 g/mol. The Labute approximate surface area is 410 Å². The van der Waals surface area contributed by atoms with E-state index < -0.39 is 151 Å². The summed E-state index contributed by atoms with van der Waals surface area (Å²) in [5.41, 5.74) is 11.0. The standard InChI is InChI=1S/C43H72N10O16S/c1-20(2)15-25(47-35(60)23(44)10-11-31(45)55)37(62)51-29(19-54)40(65)49-27(18-33(58)59)39(64)52-34(22(5)6)42(67)53-13-8-9-30(53)41(66)46-24(12-14-70-7)36(61)48-26(17-32(56)57)38(63)50-28(43(68)69)16-21(3)4/h20-30,34,54H,8-19,44H2,1-7H3,(H2,45,55)(H,46,66)(H,47,60)(H,48,61)(H,49,65)(H,50,63)(H,51,62)(H,52,64)(H,56,57)(H,58,59)(H,68,69)/t23-,24-,25-,26-,27-,28-,29-,30-,34-/m0/s1. The summed E-state index contributed by atoms with van der Waals surface area (Å²) in [6.45, 7) is 8.93. The Morgan fingerprint density at radius 2 is 1.07 bits per heavy atom. The van der Waals surface area contributed by atoms with Crippen LogP contribution >= 0.6 is 11.8 Å². The molecular formula is C43H72N10O16S. The molecule has 0 aromatic heterocycles. The molecule has 15 N–H and O–H groups in total. The molecule has 1 heterocycles. The first-order valence-electron chi connectivity index (χ1n) is 22.9. The number of carbonyl (C=O) groups excluding carboxylic acids is 9. The lowest BCUT2D eigenvalue weighted by Gasteiger charge is -2.32. The van der Waals surface area contributed by atoms with E-state index in [1.807, 2.05) is 0 Å². The third-order valence-corrected chi connectivity index (χ3v) is 11.5. The van der Waals surface area contributed by atoms with Crippen molar-refractivity contribution < 1.29 is 78.0 Å². The number of hydrogen-bond acceptors (Lipinski definition) is 15. The summed E-state index contributed by atoms with van der Waals surface area (Å²) in [5.74, 6) is -13.6. The predicted molar refractivity (Wildman–Crippen MR) is 251 cm³/mol. The quantitative estimate of drug-likeness (QED) is 0.0311. The van der Waals surface area contributed by atoms with Crippen molar-refractivity contribution in [1.29, 1.82) is 0 Å². The third-order valence-electron chi connectivity index (χ3n) is 10.9. The van der Waals surface area contributed by atoms with E-state index in [0.717, 1.165) is 4.90 Å². The van der Waals surface area contributed by atoms with E-state index in [0.29, 0.717) is 12.2 Å². The molecule has 0 aliphatic carbocycles. The van der Waals surface area contributed by atoms with Crippen LogP contribution in [0.5, 0.6) is 0 Å². The smallest absolute Gasteiger partial charge is 0.326 e. The molecule has 0 bridgehead atoms. The molecule has 0 radical (unpaired) electrons. The van der Waals surface area contributed by atoms with Crippen molar-refractivity contribution in [3.63, 3.8) is 0 Å². The average molecular weight is 1020 g/mol. The minimum atomic E-state index is -1.88. The molecule has 0 unspecified atom stereocenters. The number of nitrogens with zero attached hydrogens (tertiary/aromatic N) is 1. The Balaban J connectivity index is 3.29. The summed E-state index contributed by atoms with van der Waals surface area (Å²) < 4.78 is 0. The van der Waals surface area contributed by atoms with Gasteiger partial charge in [0.25, 0.3) is 0 Å². The molecule has 0 saturated carbocycles.